The van der Waals surface area contributed by atoms with Crippen LogP contribution in [0.2, 0.25) is 0 Å². The van der Waals surface area contributed by atoms with Gasteiger partial charge in [0, 0.05) is 12.5 Å². The van der Waals surface area contributed by atoms with Gasteiger partial charge in [-0.2, -0.15) is 0 Å². The number of unbranched alkanes of at least 4 members (excludes halogenated alkanes) is 1. The van der Waals surface area contributed by atoms with Gasteiger partial charge < -0.3 is 5.32 Å². The summed E-state index contributed by atoms with van der Waals surface area (Å²) in [5, 5.41) is 3.37. The third-order valence-electron chi connectivity index (χ3n) is 2.42. The van der Waals surface area contributed by atoms with Gasteiger partial charge in [-0.05, 0) is 44.0 Å². The van der Waals surface area contributed by atoms with Gasteiger partial charge in [-0.3, -0.25) is 0 Å². The van der Waals surface area contributed by atoms with Crippen molar-refractivity contribution in [3.63, 3.8) is 0 Å². The minimum atomic E-state index is -0.169. The maximum Gasteiger partial charge on any atom is 0.123 e. The second kappa shape index (κ2) is 7.03. The summed E-state index contributed by atoms with van der Waals surface area (Å²) in [4.78, 5) is 0. The van der Waals surface area contributed by atoms with Crippen molar-refractivity contribution < 1.29 is 4.39 Å². The van der Waals surface area contributed by atoms with E-state index < -0.39 is 0 Å². The first-order valence-electron chi connectivity index (χ1n) is 5.63. The molecule has 1 aromatic carbocycles. The van der Waals surface area contributed by atoms with E-state index in [0.29, 0.717) is 6.04 Å². The van der Waals surface area contributed by atoms with Gasteiger partial charge in [0.15, 0.2) is 0 Å². The molecule has 0 spiro atoms. The van der Waals surface area contributed by atoms with Crippen LogP contribution >= 0.6 is 0 Å². The van der Waals surface area contributed by atoms with E-state index >= 15 is 0 Å². The highest BCUT2D eigenvalue weighted by molar-refractivity contribution is 5.17. The normalized spacial score (nSPS) is 12.1. The number of rotatable bonds is 6. The lowest BCUT2D eigenvalue weighted by Gasteiger charge is -2.13. The van der Waals surface area contributed by atoms with Crippen LogP contribution in [0.1, 0.15) is 25.3 Å². The minimum absolute atomic E-state index is 0.169. The second-order valence-corrected chi connectivity index (χ2v) is 4.00. The molecule has 0 aromatic heterocycles. The fourth-order valence-electron chi connectivity index (χ4n) is 1.63. The lowest BCUT2D eigenvalue weighted by Crippen LogP contribution is -2.28. The number of halogens is 1. The summed E-state index contributed by atoms with van der Waals surface area (Å²) >= 11 is 0. The fourth-order valence-corrected chi connectivity index (χ4v) is 1.63. The lowest BCUT2D eigenvalue weighted by atomic mass is 10.1. The SMILES string of the molecule is C#CCCCNC(C)Cc1cccc(F)c1. The van der Waals surface area contributed by atoms with Crippen molar-refractivity contribution in [2.24, 2.45) is 0 Å². The Balaban J connectivity index is 2.29. The molecule has 1 unspecified atom stereocenters. The van der Waals surface area contributed by atoms with E-state index in [1.165, 1.54) is 6.07 Å². The number of hydrogen-bond donors (Lipinski definition) is 1. The van der Waals surface area contributed by atoms with E-state index in [4.69, 9.17) is 6.42 Å². The van der Waals surface area contributed by atoms with Crippen molar-refractivity contribution in [1.29, 1.82) is 0 Å². The van der Waals surface area contributed by atoms with Gasteiger partial charge in [0.2, 0.25) is 0 Å². The van der Waals surface area contributed by atoms with E-state index in [9.17, 15) is 4.39 Å². The average molecular weight is 219 g/mol. The number of nitrogens with one attached hydrogen (secondary N) is 1. The van der Waals surface area contributed by atoms with Gasteiger partial charge in [-0.15, -0.1) is 12.3 Å². The molecule has 1 rings (SSSR count). The monoisotopic (exact) mass is 219 g/mol. The summed E-state index contributed by atoms with van der Waals surface area (Å²) in [7, 11) is 0. The molecule has 1 nitrogen and oxygen atoms in total. The maximum absolute atomic E-state index is 12.9. The molecule has 2 heteroatoms. The summed E-state index contributed by atoms with van der Waals surface area (Å²) in [5.41, 5.74) is 1.02. The summed E-state index contributed by atoms with van der Waals surface area (Å²) in [6.45, 7) is 3.02. The molecule has 0 fully saturated rings. The van der Waals surface area contributed by atoms with Gasteiger partial charge in [0.05, 0.1) is 0 Å². The van der Waals surface area contributed by atoms with Gasteiger partial charge in [0.1, 0.15) is 5.82 Å². The van der Waals surface area contributed by atoms with Crippen molar-refractivity contribution in [3.05, 3.63) is 35.6 Å². The topological polar surface area (TPSA) is 12.0 Å². The molecule has 1 aromatic rings. The molecule has 0 aliphatic carbocycles. The Kier molecular flexibility index (Phi) is 5.60. The van der Waals surface area contributed by atoms with Crippen LogP contribution in [0, 0.1) is 18.2 Å². The van der Waals surface area contributed by atoms with Crippen LogP contribution in [0.15, 0.2) is 24.3 Å². The number of benzene rings is 1. The van der Waals surface area contributed by atoms with E-state index in [2.05, 4.69) is 18.2 Å². The van der Waals surface area contributed by atoms with Crippen LogP contribution < -0.4 is 5.32 Å². The molecule has 1 atom stereocenters. The van der Waals surface area contributed by atoms with E-state index in [1.807, 2.05) is 6.07 Å². The lowest BCUT2D eigenvalue weighted by molar-refractivity contribution is 0.535. The molecule has 0 amide bonds. The van der Waals surface area contributed by atoms with Crippen LogP contribution in [0.25, 0.3) is 0 Å². The van der Waals surface area contributed by atoms with Gasteiger partial charge in [0.25, 0.3) is 0 Å². The Bertz CT molecular complexity index is 354. The summed E-state index contributed by atoms with van der Waals surface area (Å²) in [6, 6.07) is 7.09. The van der Waals surface area contributed by atoms with Gasteiger partial charge in [-0.25, -0.2) is 4.39 Å². The molecule has 0 radical (unpaired) electrons. The standard InChI is InChI=1S/C14H18FN/c1-3-4-5-9-16-12(2)10-13-7-6-8-14(15)11-13/h1,6-8,11-12,16H,4-5,9-10H2,2H3. The summed E-state index contributed by atoms with van der Waals surface area (Å²) in [6.07, 6.45) is 7.80. The van der Waals surface area contributed by atoms with Crippen molar-refractivity contribution in [1.82, 2.24) is 5.32 Å². The van der Waals surface area contributed by atoms with E-state index in [-0.39, 0.29) is 5.82 Å². The Morgan fingerprint density at radius 2 is 2.31 bits per heavy atom. The van der Waals surface area contributed by atoms with Crippen molar-refractivity contribution in [2.45, 2.75) is 32.2 Å². The fraction of sp³-hybridized carbons (Fsp3) is 0.429. The molecule has 0 saturated carbocycles. The highest BCUT2D eigenvalue weighted by atomic mass is 19.1. The molecule has 0 heterocycles. The third kappa shape index (κ3) is 4.95. The number of hydrogen-bond acceptors (Lipinski definition) is 1. The van der Waals surface area contributed by atoms with Crippen LogP contribution in [0.5, 0.6) is 0 Å². The molecular formula is C14H18FN. The first-order chi connectivity index (χ1) is 7.72. The summed E-state index contributed by atoms with van der Waals surface area (Å²) < 4.78 is 12.9. The first-order valence-corrected chi connectivity index (χ1v) is 5.63. The average Bonchev–Trinajstić information content (AvgIpc) is 2.24. The smallest absolute Gasteiger partial charge is 0.123 e. The molecule has 86 valence electrons. The first kappa shape index (κ1) is 12.7. The number of terminal acetylenes is 1. The second-order valence-electron chi connectivity index (χ2n) is 4.00. The van der Waals surface area contributed by atoms with Crippen LogP contribution in [0.4, 0.5) is 4.39 Å². The predicted octanol–water partition coefficient (Wildman–Crippen LogP) is 2.76. The molecular weight excluding hydrogens is 201 g/mol. The maximum atomic E-state index is 12.9. The predicted molar refractivity (Wildman–Crippen MR) is 65.6 cm³/mol. The van der Waals surface area contributed by atoms with Crippen LogP contribution in [-0.4, -0.2) is 12.6 Å². The Hall–Kier alpha value is -1.33. The van der Waals surface area contributed by atoms with E-state index in [0.717, 1.165) is 31.4 Å². The molecule has 0 bridgehead atoms. The van der Waals surface area contributed by atoms with Crippen LogP contribution in [0.3, 0.4) is 0 Å². The van der Waals surface area contributed by atoms with Gasteiger partial charge >= 0.3 is 0 Å². The van der Waals surface area contributed by atoms with Crippen molar-refractivity contribution in [3.8, 4) is 12.3 Å². The zero-order valence-corrected chi connectivity index (χ0v) is 9.67. The van der Waals surface area contributed by atoms with Crippen molar-refractivity contribution >= 4 is 0 Å². The zero-order chi connectivity index (χ0) is 11.8. The largest absolute Gasteiger partial charge is 0.314 e. The van der Waals surface area contributed by atoms with Crippen LogP contribution in [-0.2, 0) is 6.42 Å². The van der Waals surface area contributed by atoms with Gasteiger partial charge in [-0.1, -0.05) is 12.1 Å². The highest BCUT2D eigenvalue weighted by Gasteiger charge is 2.03. The molecule has 0 saturated heterocycles. The van der Waals surface area contributed by atoms with E-state index in [1.54, 1.807) is 12.1 Å². The van der Waals surface area contributed by atoms with Crippen molar-refractivity contribution in [2.75, 3.05) is 6.54 Å². The Morgan fingerprint density at radius 1 is 1.50 bits per heavy atom. The molecule has 0 aliphatic rings. The third-order valence-corrected chi connectivity index (χ3v) is 2.42. The Morgan fingerprint density at radius 3 is 3.00 bits per heavy atom. The summed E-state index contributed by atoms with van der Waals surface area (Å²) in [5.74, 6) is 2.44. The molecule has 16 heavy (non-hydrogen) atoms. The minimum Gasteiger partial charge on any atom is -0.314 e. The zero-order valence-electron chi connectivity index (χ0n) is 9.67. The molecule has 1 N–H and O–H groups in total. The highest BCUT2D eigenvalue weighted by Crippen LogP contribution is 2.06. The Labute approximate surface area is 97.1 Å². The molecule has 0 aliphatic heterocycles. The quantitative estimate of drug-likeness (QED) is 0.573.